The van der Waals surface area contributed by atoms with Crippen LogP contribution in [0.2, 0.25) is 0 Å². The zero-order chi connectivity index (χ0) is 24.3. The minimum atomic E-state index is -1.34. The smallest absolute Gasteiger partial charge is 0.413 e. The maximum Gasteiger partial charge on any atom is 0.413 e. The molecular weight excluding hydrogens is 440 g/mol. The van der Waals surface area contributed by atoms with E-state index in [1.165, 1.54) is 0 Å². The average molecular weight is 475 g/mol. The quantitative estimate of drug-likeness (QED) is 0.424. The van der Waals surface area contributed by atoms with Gasteiger partial charge in [-0.15, -0.1) is 0 Å². The molecule has 2 heterocycles. The number of carboxylic acid groups (broad SMARTS) is 1. The van der Waals surface area contributed by atoms with Crippen LogP contribution in [0, 0.1) is 11.8 Å². The molecule has 0 aliphatic carbocycles. The van der Waals surface area contributed by atoms with Crippen molar-refractivity contribution in [3.8, 4) is 5.75 Å². The molecule has 4 N–H and O–H groups in total. The number of carbonyl (C=O) groups excluding carboxylic acids is 3. The highest BCUT2D eigenvalue weighted by Crippen LogP contribution is 2.21. The van der Waals surface area contributed by atoms with Gasteiger partial charge in [0.05, 0.1) is 5.92 Å². The predicted octanol–water partition coefficient (Wildman–Crippen LogP) is 1.36. The van der Waals surface area contributed by atoms with Gasteiger partial charge in [0.2, 0.25) is 11.8 Å². The molecule has 34 heavy (non-hydrogen) atoms. The third-order valence-corrected chi connectivity index (χ3v) is 6.39. The number of hydrogen-bond acceptors (Lipinski definition) is 6. The van der Waals surface area contributed by atoms with Crippen LogP contribution in [0.25, 0.3) is 0 Å². The molecule has 0 spiro atoms. The molecule has 0 bridgehead atoms. The van der Waals surface area contributed by atoms with E-state index < -0.39 is 24.0 Å². The molecule has 2 atom stereocenters. The van der Waals surface area contributed by atoms with Crippen LogP contribution in [-0.4, -0.2) is 72.6 Å². The lowest BCUT2D eigenvalue weighted by atomic mass is 9.92. The van der Waals surface area contributed by atoms with Crippen molar-refractivity contribution in [1.82, 2.24) is 20.9 Å². The molecule has 186 valence electrons. The van der Waals surface area contributed by atoms with Gasteiger partial charge in [-0.05, 0) is 63.2 Å². The molecule has 0 radical (unpaired) electrons. The molecule has 2 aliphatic rings. The number of nitrogens with one attached hydrogen (secondary N) is 3. The van der Waals surface area contributed by atoms with Gasteiger partial charge in [-0.25, -0.2) is 9.59 Å². The van der Waals surface area contributed by atoms with Crippen molar-refractivity contribution in [2.45, 2.75) is 44.6 Å². The lowest BCUT2D eigenvalue weighted by Gasteiger charge is -2.33. The average Bonchev–Trinajstić information content (AvgIpc) is 2.86. The summed E-state index contributed by atoms with van der Waals surface area (Å²) in [6.45, 7) is 2.69. The number of para-hydroxylation sites is 1. The summed E-state index contributed by atoms with van der Waals surface area (Å²) < 4.78 is 5.05. The lowest BCUT2D eigenvalue weighted by molar-refractivity contribution is -0.139. The standard InChI is InChI=1S/C24H34N4O6/c29-21(9-8-17-10-12-25-13-11-17)28-14-4-5-18(16-28)22(30)26-15-20(23(31)32)27-24(33)34-19-6-2-1-3-7-19/h1-3,6-7,17-18,20,25H,4-5,8-16H2,(H,26,30)(H,27,33)(H,31,32)/t18-,20+/m1/s1. The summed E-state index contributed by atoms with van der Waals surface area (Å²) >= 11 is 0. The van der Waals surface area contributed by atoms with Crippen LogP contribution in [-0.2, 0) is 14.4 Å². The van der Waals surface area contributed by atoms with E-state index >= 15 is 0 Å². The Bertz CT molecular complexity index is 843. The number of likely N-dealkylation sites (tertiary alicyclic amines) is 1. The molecule has 10 heteroatoms. The van der Waals surface area contributed by atoms with E-state index in [9.17, 15) is 24.3 Å². The minimum Gasteiger partial charge on any atom is -0.480 e. The molecular formula is C24H34N4O6. The number of ether oxygens (including phenoxy) is 1. The summed E-state index contributed by atoms with van der Waals surface area (Å²) in [6.07, 6.45) is 3.99. The first kappa shape index (κ1) is 25.5. The topological polar surface area (TPSA) is 137 Å². The van der Waals surface area contributed by atoms with E-state index in [4.69, 9.17) is 4.74 Å². The molecule has 0 saturated carbocycles. The van der Waals surface area contributed by atoms with E-state index in [1.807, 2.05) is 0 Å². The van der Waals surface area contributed by atoms with E-state index in [0.29, 0.717) is 31.8 Å². The first-order valence-electron chi connectivity index (χ1n) is 11.9. The first-order valence-corrected chi connectivity index (χ1v) is 11.9. The van der Waals surface area contributed by atoms with Crippen molar-refractivity contribution in [3.05, 3.63) is 30.3 Å². The lowest BCUT2D eigenvalue weighted by Crippen LogP contribution is -2.51. The van der Waals surface area contributed by atoms with E-state index in [-0.39, 0.29) is 24.1 Å². The number of benzene rings is 1. The van der Waals surface area contributed by atoms with Gasteiger partial charge >= 0.3 is 12.1 Å². The van der Waals surface area contributed by atoms with Crippen molar-refractivity contribution in [3.63, 3.8) is 0 Å². The molecule has 2 aliphatic heterocycles. The Kier molecular flexibility index (Phi) is 9.69. The molecule has 10 nitrogen and oxygen atoms in total. The fourth-order valence-corrected chi connectivity index (χ4v) is 4.39. The summed E-state index contributed by atoms with van der Waals surface area (Å²) in [6, 6.07) is 6.92. The largest absolute Gasteiger partial charge is 0.480 e. The first-order chi connectivity index (χ1) is 16.4. The van der Waals surface area contributed by atoms with Gasteiger partial charge in [-0.1, -0.05) is 18.2 Å². The number of carboxylic acids is 1. The predicted molar refractivity (Wildman–Crippen MR) is 124 cm³/mol. The fraction of sp³-hybridized carbons (Fsp3) is 0.583. The van der Waals surface area contributed by atoms with Crippen LogP contribution in [0.1, 0.15) is 38.5 Å². The zero-order valence-electron chi connectivity index (χ0n) is 19.3. The molecule has 3 amide bonds. The van der Waals surface area contributed by atoms with E-state index in [2.05, 4.69) is 16.0 Å². The molecule has 1 aromatic rings. The molecule has 2 saturated heterocycles. The highest BCUT2D eigenvalue weighted by molar-refractivity contribution is 5.84. The second kappa shape index (κ2) is 12.9. The molecule has 0 unspecified atom stereocenters. The molecule has 0 aromatic heterocycles. The van der Waals surface area contributed by atoms with Crippen molar-refractivity contribution in [2.75, 3.05) is 32.7 Å². The Morgan fingerprint density at radius 1 is 1.12 bits per heavy atom. The van der Waals surface area contributed by atoms with Gasteiger partial charge in [0.1, 0.15) is 11.8 Å². The second-order valence-electron chi connectivity index (χ2n) is 8.89. The molecule has 3 rings (SSSR count). The van der Waals surface area contributed by atoms with E-state index in [0.717, 1.165) is 38.8 Å². The van der Waals surface area contributed by atoms with Crippen molar-refractivity contribution < 1.29 is 29.0 Å². The van der Waals surface area contributed by atoms with Crippen LogP contribution < -0.4 is 20.7 Å². The molecule has 2 fully saturated rings. The Morgan fingerprint density at radius 3 is 2.56 bits per heavy atom. The van der Waals surface area contributed by atoms with Crippen LogP contribution in [0.15, 0.2) is 30.3 Å². The summed E-state index contributed by atoms with van der Waals surface area (Å²) in [5.74, 6) is -1.08. The number of rotatable bonds is 9. The van der Waals surface area contributed by atoms with Crippen molar-refractivity contribution in [1.29, 1.82) is 0 Å². The third kappa shape index (κ3) is 8.02. The number of amides is 3. The number of aliphatic carboxylic acids is 1. The Hall–Kier alpha value is -3.14. The van der Waals surface area contributed by atoms with Crippen LogP contribution in [0.5, 0.6) is 5.75 Å². The minimum absolute atomic E-state index is 0.0739. The number of carbonyl (C=O) groups is 4. The summed E-state index contributed by atoms with van der Waals surface area (Å²) in [7, 11) is 0. The SMILES string of the molecule is O=C(N[C@@H](CNC(=O)[C@@H]1CCCN(C(=O)CCC2CCNCC2)C1)C(=O)O)Oc1ccccc1. The maximum absolute atomic E-state index is 12.7. The van der Waals surface area contributed by atoms with E-state index in [1.54, 1.807) is 35.2 Å². The van der Waals surface area contributed by atoms with Crippen molar-refractivity contribution >= 4 is 23.9 Å². The third-order valence-electron chi connectivity index (χ3n) is 6.39. The highest BCUT2D eigenvalue weighted by Gasteiger charge is 2.30. The Labute approximate surface area is 199 Å². The highest BCUT2D eigenvalue weighted by atomic mass is 16.6. The summed E-state index contributed by atoms with van der Waals surface area (Å²) in [4.78, 5) is 50.7. The van der Waals surface area contributed by atoms with Gasteiger partial charge in [0.25, 0.3) is 0 Å². The van der Waals surface area contributed by atoms with Gasteiger partial charge in [-0.2, -0.15) is 0 Å². The van der Waals surface area contributed by atoms with Gasteiger partial charge in [0, 0.05) is 26.1 Å². The summed E-state index contributed by atoms with van der Waals surface area (Å²) in [5.41, 5.74) is 0. The number of hydrogen-bond donors (Lipinski definition) is 4. The number of piperidine rings is 2. The summed E-state index contributed by atoms with van der Waals surface area (Å²) in [5, 5.41) is 17.6. The van der Waals surface area contributed by atoms with Crippen LogP contribution in [0.4, 0.5) is 4.79 Å². The van der Waals surface area contributed by atoms with Gasteiger partial charge < -0.3 is 30.7 Å². The Morgan fingerprint density at radius 2 is 1.85 bits per heavy atom. The Balaban J connectivity index is 1.43. The van der Waals surface area contributed by atoms with Crippen LogP contribution >= 0.6 is 0 Å². The fourth-order valence-electron chi connectivity index (χ4n) is 4.39. The van der Waals surface area contributed by atoms with Crippen molar-refractivity contribution in [2.24, 2.45) is 11.8 Å². The van der Waals surface area contributed by atoms with Crippen LogP contribution in [0.3, 0.4) is 0 Å². The van der Waals surface area contributed by atoms with Gasteiger partial charge in [-0.3, -0.25) is 9.59 Å². The number of nitrogens with zero attached hydrogens (tertiary/aromatic N) is 1. The zero-order valence-corrected chi connectivity index (χ0v) is 19.3. The monoisotopic (exact) mass is 474 g/mol. The van der Waals surface area contributed by atoms with Gasteiger partial charge in [0.15, 0.2) is 0 Å². The molecule has 1 aromatic carbocycles. The second-order valence-corrected chi connectivity index (χ2v) is 8.89. The normalized spacial score (nSPS) is 19.6. The maximum atomic E-state index is 12.7.